The van der Waals surface area contributed by atoms with E-state index in [4.69, 9.17) is 9.84 Å². The van der Waals surface area contributed by atoms with Gasteiger partial charge < -0.3 is 15.2 Å². The Morgan fingerprint density at radius 1 is 1.48 bits per heavy atom. The number of hydrogen-bond donors (Lipinski definition) is 2. The lowest BCUT2D eigenvalue weighted by molar-refractivity contribution is 0.0690. The minimum atomic E-state index is -1.03. The van der Waals surface area contributed by atoms with Crippen LogP contribution < -0.4 is 5.32 Å². The molecule has 3 atom stereocenters. The monoisotopic (exact) mass is 324 g/mol. The summed E-state index contributed by atoms with van der Waals surface area (Å²) in [6.07, 6.45) is 6.95. The number of carboxylic acid groups (broad SMARTS) is 1. The summed E-state index contributed by atoms with van der Waals surface area (Å²) in [5, 5.41) is 20.5. The van der Waals surface area contributed by atoms with Crippen molar-refractivity contribution in [3.63, 3.8) is 0 Å². The number of carbonyl (C=O) groups is 1. The second-order valence-corrected chi connectivity index (χ2v) is 6.80. The van der Waals surface area contributed by atoms with E-state index in [2.05, 4.69) is 29.5 Å². The van der Waals surface area contributed by atoms with Crippen molar-refractivity contribution in [2.45, 2.75) is 64.1 Å². The largest absolute Gasteiger partial charge is 0.476 e. The molecule has 130 valence electrons. The van der Waals surface area contributed by atoms with Gasteiger partial charge in [0.15, 0.2) is 5.69 Å². The zero-order valence-electron chi connectivity index (χ0n) is 14.2. The molecule has 1 aliphatic carbocycles. The molecule has 1 heterocycles. The third-order valence-corrected chi connectivity index (χ3v) is 4.37. The number of nitrogens with zero attached hydrogens (tertiary/aromatic N) is 3. The summed E-state index contributed by atoms with van der Waals surface area (Å²) < 4.78 is 7.07. The average molecular weight is 324 g/mol. The van der Waals surface area contributed by atoms with Gasteiger partial charge in [-0.25, -0.2) is 9.48 Å². The van der Waals surface area contributed by atoms with Crippen LogP contribution in [-0.2, 0) is 4.74 Å². The maximum atomic E-state index is 11.0. The molecule has 0 saturated heterocycles. The highest BCUT2D eigenvalue weighted by atomic mass is 16.5. The van der Waals surface area contributed by atoms with E-state index in [0.717, 1.165) is 25.7 Å². The molecule has 0 aliphatic heterocycles. The lowest BCUT2D eigenvalue weighted by atomic mass is 9.89. The van der Waals surface area contributed by atoms with Crippen LogP contribution in [-0.4, -0.2) is 51.9 Å². The van der Waals surface area contributed by atoms with Gasteiger partial charge >= 0.3 is 5.97 Å². The molecule has 1 fully saturated rings. The normalized spacial score (nSPS) is 23.1. The lowest BCUT2D eigenvalue weighted by Crippen LogP contribution is -2.47. The minimum Gasteiger partial charge on any atom is -0.476 e. The van der Waals surface area contributed by atoms with E-state index in [1.165, 1.54) is 6.42 Å². The second-order valence-electron chi connectivity index (χ2n) is 6.80. The van der Waals surface area contributed by atoms with Crippen molar-refractivity contribution < 1.29 is 14.6 Å². The molecule has 0 amide bonds. The van der Waals surface area contributed by atoms with Gasteiger partial charge in [0.05, 0.1) is 18.8 Å². The number of nitrogens with one attached hydrogen (secondary N) is 1. The Morgan fingerprint density at radius 2 is 2.22 bits per heavy atom. The van der Waals surface area contributed by atoms with E-state index in [9.17, 15) is 4.79 Å². The van der Waals surface area contributed by atoms with Crippen LogP contribution in [0.15, 0.2) is 6.20 Å². The Hall–Kier alpha value is -1.47. The fourth-order valence-corrected chi connectivity index (χ4v) is 3.42. The summed E-state index contributed by atoms with van der Waals surface area (Å²) in [5.41, 5.74) is 0.00458. The van der Waals surface area contributed by atoms with Crippen LogP contribution in [0.1, 0.15) is 62.5 Å². The highest BCUT2D eigenvalue weighted by Gasteiger charge is 2.30. The summed E-state index contributed by atoms with van der Waals surface area (Å²) in [7, 11) is 1.73. The van der Waals surface area contributed by atoms with Gasteiger partial charge in [0, 0.05) is 19.2 Å². The number of methoxy groups -OCH3 is 1. The molecule has 2 rings (SSSR count). The predicted octanol–water partition coefficient (Wildman–Crippen LogP) is 2.11. The molecule has 7 nitrogen and oxygen atoms in total. The lowest BCUT2D eigenvalue weighted by Gasteiger charge is -2.35. The Morgan fingerprint density at radius 3 is 2.83 bits per heavy atom. The van der Waals surface area contributed by atoms with Crippen LogP contribution in [0.4, 0.5) is 0 Å². The highest BCUT2D eigenvalue weighted by Crippen LogP contribution is 2.29. The van der Waals surface area contributed by atoms with Crippen molar-refractivity contribution in [2.24, 2.45) is 5.92 Å². The average Bonchev–Trinajstić information content (AvgIpc) is 2.97. The van der Waals surface area contributed by atoms with Gasteiger partial charge in [0.2, 0.25) is 0 Å². The summed E-state index contributed by atoms with van der Waals surface area (Å²) in [6.45, 7) is 5.09. The van der Waals surface area contributed by atoms with Crippen molar-refractivity contribution in [2.75, 3.05) is 13.7 Å². The molecule has 1 saturated carbocycles. The van der Waals surface area contributed by atoms with Crippen molar-refractivity contribution in [3.8, 4) is 0 Å². The molecule has 1 aromatic heterocycles. The number of aromatic carboxylic acids is 1. The third-order valence-electron chi connectivity index (χ3n) is 4.37. The first kappa shape index (κ1) is 17.9. The van der Waals surface area contributed by atoms with E-state index in [1.807, 2.05) is 0 Å². The van der Waals surface area contributed by atoms with Crippen LogP contribution in [0.25, 0.3) is 0 Å². The molecule has 0 radical (unpaired) electrons. The first-order chi connectivity index (χ1) is 11.0. The molecular formula is C16H28N4O3. The fourth-order valence-electron chi connectivity index (χ4n) is 3.42. The summed E-state index contributed by atoms with van der Waals surface area (Å²) >= 11 is 0. The van der Waals surface area contributed by atoms with Crippen molar-refractivity contribution in [1.82, 2.24) is 20.3 Å². The quantitative estimate of drug-likeness (QED) is 0.761. The van der Waals surface area contributed by atoms with E-state index in [1.54, 1.807) is 18.0 Å². The molecule has 7 heteroatoms. The van der Waals surface area contributed by atoms with Gasteiger partial charge in [-0.05, 0) is 25.2 Å². The molecule has 1 aromatic rings. The first-order valence-corrected chi connectivity index (χ1v) is 8.41. The molecule has 0 bridgehead atoms. The maximum absolute atomic E-state index is 11.0. The van der Waals surface area contributed by atoms with Crippen molar-refractivity contribution >= 4 is 5.97 Å². The van der Waals surface area contributed by atoms with Crippen LogP contribution in [0, 0.1) is 5.92 Å². The zero-order valence-corrected chi connectivity index (χ0v) is 14.2. The van der Waals surface area contributed by atoms with Crippen molar-refractivity contribution in [1.29, 1.82) is 0 Å². The Labute approximate surface area is 137 Å². The Bertz CT molecular complexity index is 503. The van der Waals surface area contributed by atoms with Gasteiger partial charge in [0.25, 0.3) is 0 Å². The number of aromatic nitrogens is 3. The van der Waals surface area contributed by atoms with E-state index in [-0.39, 0.29) is 17.8 Å². The standard InChI is InChI=1S/C16H28N4O3/c1-11(2)8-12(10-23-3)17-13-6-4-5-7-15(13)20-9-14(16(21)22)18-19-20/h9,11-13,15,17H,4-8,10H2,1-3H3,(H,21,22)/t12?,13-,15+/m1/s1. The van der Waals surface area contributed by atoms with Gasteiger partial charge in [-0.15, -0.1) is 5.10 Å². The van der Waals surface area contributed by atoms with Crippen LogP contribution >= 0.6 is 0 Å². The molecule has 23 heavy (non-hydrogen) atoms. The predicted molar refractivity (Wildman–Crippen MR) is 86.5 cm³/mol. The Kier molecular flexibility index (Phi) is 6.53. The maximum Gasteiger partial charge on any atom is 0.358 e. The van der Waals surface area contributed by atoms with Gasteiger partial charge in [-0.3, -0.25) is 0 Å². The molecule has 1 aliphatic rings. The number of hydrogen-bond acceptors (Lipinski definition) is 5. The molecule has 0 spiro atoms. The second kappa shape index (κ2) is 8.40. The highest BCUT2D eigenvalue weighted by molar-refractivity contribution is 5.84. The van der Waals surface area contributed by atoms with Crippen LogP contribution in [0.3, 0.4) is 0 Å². The first-order valence-electron chi connectivity index (χ1n) is 8.41. The van der Waals surface area contributed by atoms with E-state index in [0.29, 0.717) is 18.6 Å². The Balaban J connectivity index is 2.08. The minimum absolute atomic E-state index is 0.00458. The smallest absolute Gasteiger partial charge is 0.358 e. The summed E-state index contributed by atoms with van der Waals surface area (Å²) in [6, 6.07) is 0.718. The van der Waals surface area contributed by atoms with Gasteiger partial charge in [-0.1, -0.05) is 31.9 Å². The topological polar surface area (TPSA) is 89.3 Å². The van der Waals surface area contributed by atoms with Gasteiger partial charge in [0.1, 0.15) is 0 Å². The zero-order chi connectivity index (χ0) is 16.8. The van der Waals surface area contributed by atoms with Crippen LogP contribution in [0.5, 0.6) is 0 Å². The van der Waals surface area contributed by atoms with E-state index < -0.39 is 5.97 Å². The van der Waals surface area contributed by atoms with Crippen molar-refractivity contribution in [3.05, 3.63) is 11.9 Å². The van der Waals surface area contributed by atoms with Crippen LogP contribution in [0.2, 0.25) is 0 Å². The molecular weight excluding hydrogens is 296 g/mol. The summed E-state index contributed by atoms with van der Waals surface area (Å²) in [4.78, 5) is 11.0. The fraction of sp³-hybridized carbons (Fsp3) is 0.812. The van der Waals surface area contributed by atoms with E-state index >= 15 is 0 Å². The number of ether oxygens (including phenoxy) is 1. The summed E-state index contributed by atoms with van der Waals surface area (Å²) in [5.74, 6) is -0.441. The van der Waals surface area contributed by atoms with Gasteiger partial charge in [-0.2, -0.15) is 0 Å². The SMILES string of the molecule is COCC(CC(C)C)N[C@@H]1CCCC[C@@H]1n1cc(C(=O)O)nn1. The molecule has 1 unspecified atom stereocenters. The number of carboxylic acids is 1. The number of rotatable bonds is 8. The molecule has 2 N–H and O–H groups in total. The third kappa shape index (κ3) is 5.00. The molecule has 0 aromatic carbocycles.